The summed E-state index contributed by atoms with van der Waals surface area (Å²) in [5, 5.41) is 2.96. The van der Waals surface area contributed by atoms with Crippen LogP contribution < -0.4 is 5.32 Å². The molecule has 1 aromatic carbocycles. The molecule has 1 amide bonds. The van der Waals surface area contributed by atoms with E-state index in [0.29, 0.717) is 6.42 Å². The summed E-state index contributed by atoms with van der Waals surface area (Å²) < 4.78 is 1.01. The van der Waals surface area contributed by atoms with Gasteiger partial charge >= 0.3 is 0 Å². The summed E-state index contributed by atoms with van der Waals surface area (Å²) >= 11 is 3.37. The molecule has 1 rings (SSSR count). The number of hydrogen-bond donors (Lipinski definition) is 1. The van der Waals surface area contributed by atoms with Crippen molar-refractivity contribution in [2.45, 2.75) is 38.6 Å². The lowest BCUT2D eigenvalue weighted by Crippen LogP contribution is -2.47. The molecule has 0 bridgehead atoms. The van der Waals surface area contributed by atoms with Crippen LogP contribution in [0.5, 0.6) is 0 Å². The molecule has 0 unspecified atom stereocenters. The van der Waals surface area contributed by atoms with Crippen LogP contribution in [0, 0.1) is 12.3 Å². The van der Waals surface area contributed by atoms with Gasteiger partial charge in [-0.2, -0.15) is 0 Å². The van der Waals surface area contributed by atoms with Crippen molar-refractivity contribution in [3.63, 3.8) is 0 Å². The maximum absolute atomic E-state index is 12.0. The van der Waals surface area contributed by atoms with Gasteiger partial charge in [0.05, 0.1) is 6.42 Å². The van der Waals surface area contributed by atoms with Crippen LogP contribution in [0.4, 0.5) is 0 Å². The number of halogens is 1. The smallest absolute Gasteiger partial charge is 0.225 e. The first-order valence-electron chi connectivity index (χ1n) is 6.08. The van der Waals surface area contributed by atoms with Gasteiger partial charge in [-0.05, 0) is 30.5 Å². The molecule has 96 valence electrons. The van der Waals surface area contributed by atoms with E-state index in [1.54, 1.807) is 0 Å². The molecule has 0 saturated heterocycles. The van der Waals surface area contributed by atoms with Crippen LogP contribution in [0.25, 0.3) is 0 Å². The Bertz CT molecular complexity index is 441. The number of hydrogen-bond acceptors (Lipinski definition) is 1. The minimum atomic E-state index is -0.507. The van der Waals surface area contributed by atoms with E-state index in [2.05, 4.69) is 27.2 Å². The lowest BCUT2D eigenvalue weighted by atomic mass is 9.93. The molecular formula is C15H18BrNO. The Labute approximate surface area is 117 Å². The molecule has 0 saturated carbocycles. The Morgan fingerprint density at radius 1 is 1.33 bits per heavy atom. The maximum atomic E-state index is 12.0. The van der Waals surface area contributed by atoms with Crippen LogP contribution in [0.1, 0.15) is 32.3 Å². The van der Waals surface area contributed by atoms with E-state index in [9.17, 15) is 4.79 Å². The van der Waals surface area contributed by atoms with Crippen LogP contribution in [-0.4, -0.2) is 11.4 Å². The molecule has 0 fully saturated rings. The third-order valence-corrected chi connectivity index (χ3v) is 3.67. The zero-order valence-corrected chi connectivity index (χ0v) is 12.4. The summed E-state index contributed by atoms with van der Waals surface area (Å²) in [6.45, 7) is 3.98. The van der Waals surface area contributed by atoms with Gasteiger partial charge in [-0.3, -0.25) is 4.79 Å². The highest BCUT2D eigenvalue weighted by molar-refractivity contribution is 9.10. The summed E-state index contributed by atoms with van der Waals surface area (Å²) in [5.41, 5.74) is 0.473. The lowest BCUT2D eigenvalue weighted by molar-refractivity contribution is -0.121. The normalized spacial score (nSPS) is 10.8. The van der Waals surface area contributed by atoms with Gasteiger partial charge in [0.2, 0.25) is 5.91 Å². The summed E-state index contributed by atoms with van der Waals surface area (Å²) in [6.07, 6.45) is 7.36. The van der Waals surface area contributed by atoms with Gasteiger partial charge in [-0.1, -0.05) is 47.8 Å². The summed E-state index contributed by atoms with van der Waals surface area (Å²) in [6, 6.07) is 7.71. The zero-order valence-electron chi connectivity index (χ0n) is 10.8. The van der Waals surface area contributed by atoms with Crippen molar-refractivity contribution < 1.29 is 4.79 Å². The van der Waals surface area contributed by atoms with Crippen molar-refractivity contribution in [3.8, 4) is 12.3 Å². The Morgan fingerprint density at radius 3 is 2.33 bits per heavy atom. The van der Waals surface area contributed by atoms with E-state index in [-0.39, 0.29) is 5.91 Å². The van der Waals surface area contributed by atoms with Gasteiger partial charge in [0.1, 0.15) is 5.54 Å². The lowest BCUT2D eigenvalue weighted by Gasteiger charge is -2.27. The highest BCUT2D eigenvalue weighted by atomic mass is 79.9. The first-order chi connectivity index (χ1) is 8.55. The van der Waals surface area contributed by atoms with Crippen LogP contribution in [0.3, 0.4) is 0 Å². The summed E-state index contributed by atoms with van der Waals surface area (Å²) in [4.78, 5) is 12.0. The van der Waals surface area contributed by atoms with Gasteiger partial charge in [0.15, 0.2) is 0 Å². The topological polar surface area (TPSA) is 29.1 Å². The molecule has 0 atom stereocenters. The number of amides is 1. The summed E-state index contributed by atoms with van der Waals surface area (Å²) in [5.74, 6) is 2.67. The molecule has 0 heterocycles. The monoisotopic (exact) mass is 307 g/mol. The molecule has 2 nitrogen and oxygen atoms in total. The van der Waals surface area contributed by atoms with Gasteiger partial charge in [0, 0.05) is 4.47 Å². The van der Waals surface area contributed by atoms with Crippen molar-refractivity contribution in [2.24, 2.45) is 0 Å². The molecule has 18 heavy (non-hydrogen) atoms. The van der Waals surface area contributed by atoms with E-state index < -0.39 is 5.54 Å². The van der Waals surface area contributed by atoms with Crippen molar-refractivity contribution in [1.82, 2.24) is 5.32 Å². The van der Waals surface area contributed by atoms with E-state index in [1.165, 1.54) is 0 Å². The average molecular weight is 308 g/mol. The third kappa shape index (κ3) is 3.89. The fourth-order valence-electron chi connectivity index (χ4n) is 1.77. The molecule has 1 aromatic rings. The zero-order chi connectivity index (χ0) is 13.6. The maximum Gasteiger partial charge on any atom is 0.225 e. The van der Waals surface area contributed by atoms with E-state index >= 15 is 0 Å². The van der Waals surface area contributed by atoms with Crippen LogP contribution in [0.2, 0.25) is 0 Å². The van der Waals surface area contributed by atoms with Crippen molar-refractivity contribution in [3.05, 3.63) is 34.3 Å². The molecule has 0 aliphatic heterocycles. The number of rotatable bonds is 5. The molecule has 0 aromatic heterocycles. The number of benzene rings is 1. The number of nitrogens with one attached hydrogen (secondary N) is 1. The average Bonchev–Trinajstić information content (AvgIpc) is 2.39. The Morgan fingerprint density at radius 2 is 1.89 bits per heavy atom. The van der Waals surface area contributed by atoms with Gasteiger partial charge < -0.3 is 5.32 Å². The predicted octanol–water partition coefficient (Wildman–Crippen LogP) is 3.30. The Balaban J connectivity index is 2.67. The highest BCUT2D eigenvalue weighted by Crippen LogP contribution is 2.15. The van der Waals surface area contributed by atoms with E-state index in [0.717, 1.165) is 22.9 Å². The number of carbonyl (C=O) groups excluding carboxylic acids is 1. The fraction of sp³-hybridized carbons (Fsp3) is 0.400. The standard InChI is InChI=1S/C15H18BrNO/c1-4-15(5-2,6-3)17-14(18)11-12-7-9-13(16)10-8-12/h1,7-10H,5-6,11H2,2-3H3,(H,17,18). The molecule has 0 aliphatic carbocycles. The fourth-order valence-corrected chi connectivity index (χ4v) is 2.03. The molecule has 0 spiro atoms. The third-order valence-electron chi connectivity index (χ3n) is 3.14. The molecular weight excluding hydrogens is 290 g/mol. The minimum Gasteiger partial charge on any atom is -0.340 e. The first-order valence-corrected chi connectivity index (χ1v) is 6.87. The second kappa shape index (κ2) is 6.61. The second-order valence-electron chi connectivity index (χ2n) is 4.28. The van der Waals surface area contributed by atoms with Crippen molar-refractivity contribution in [1.29, 1.82) is 0 Å². The van der Waals surface area contributed by atoms with Crippen LogP contribution in [-0.2, 0) is 11.2 Å². The SMILES string of the molecule is C#CC(CC)(CC)NC(=O)Cc1ccc(Br)cc1. The van der Waals surface area contributed by atoms with Crippen LogP contribution >= 0.6 is 15.9 Å². The second-order valence-corrected chi connectivity index (χ2v) is 5.20. The van der Waals surface area contributed by atoms with Crippen molar-refractivity contribution in [2.75, 3.05) is 0 Å². The van der Waals surface area contributed by atoms with Crippen LogP contribution in [0.15, 0.2) is 28.7 Å². The Kier molecular flexibility index (Phi) is 5.43. The first kappa shape index (κ1) is 14.8. The number of carbonyl (C=O) groups is 1. The molecule has 1 N–H and O–H groups in total. The van der Waals surface area contributed by atoms with Gasteiger partial charge in [-0.15, -0.1) is 6.42 Å². The Hall–Kier alpha value is -1.27. The predicted molar refractivity (Wildman–Crippen MR) is 78.1 cm³/mol. The van der Waals surface area contributed by atoms with Gasteiger partial charge in [0.25, 0.3) is 0 Å². The minimum absolute atomic E-state index is 0.0287. The highest BCUT2D eigenvalue weighted by Gasteiger charge is 2.24. The quantitative estimate of drug-likeness (QED) is 0.831. The van der Waals surface area contributed by atoms with Gasteiger partial charge in [-0.25, -0.2) is 0 Å². The van der Waals surface area contributed by atoms with E-state index in [4.69, 9.17) is 6.42 Å². The summed E-state index contributed by atoms with van der Waals surface area (Å²) in [7, 11) is 0. The molecule has 0 radical (unpaired) electrons. The molecule has 0 aliphatic rings. The van der Waals surface area contributed by atoms with E-state index in [1.807, 2.05) is 38.1 Å². The number of terminal acetylenes is 1. The molecule has 3 heteroatoms. The van der Waals surface area contributed by atoms with Crippen molar-refractivity contribution >= 4 is 21.8 Å². The largest absolute Gasteiger partial charge is 0.340 e.